The molecule has 0 radical (unpaired) electrons. The van der Waals surface area contributed by atoms with Gasteiger partial charge in [-0.2, -0.15) is 5.10 Å². The molecule has 3 aromatic rings. The van der Waals surface area contributed by atoms with Crippen molar-refractivity contribution in [3.8, 4) is 17.2 Å². The highest BCUT2D eigenvalue weighted by Crippen LogP contribution is 2.33. The molecule has 6 nitrogen and oxygen atoms in total. The summed E-state index contributed by atoms with van der Waals surface area (Å²) in [5.41, 5.74) is 3.32. The van der Waals surface area contributed by atoms with Gasteiger partial charge in [0, 0.05) is 0 Å². The third-order valence-corrected chi connectivity index (χ3v) is 4.89. The summed E-state index contributed by atoms with van der Waals surface area (Å²) in [6, 6.07) is 14.3. The summed E-state index contributed by atoms with van der Waals surface area (Å²) in [5.74, 6) is 0.572. The second-order valence-corrected chi connectivity index (χ2v) is 7.21. The Morgan fingerprint density at radius 1 is 1.24 bits per heavy atom. The van der Waals surface area contributed by atoms with E-state index in [0.29, 0.717) is 18.1 Å². The number of carbonyl (C=O) groups excluding carboxylic acids is 1. The molecule has 0 bridgehead atoms. The number of aromatic hydroxyl groups is 1. The van der Waals surface area contributed by atoms with Crippen LogP contribution in [0.5, 0.6) is 17.2 Å². The number of hydrogen-bond donors (Lipinski definition) is 2. The molecule has 7 heteroatoms. The number of benzene rings is 3. The highest BCUT2D eigenvalue weighted by Gasteiger charge is 2.13. The standard InChI is InChI=1S/C22H19IN2O4/c1-3-8-29-21-18(23)9-14(10-20(21)28-2)13-24-25-22(27)17-11-15-6-4-5-7-16(15)12-19(17)26/h3-7,9-13,26H,1,8H2,2H3,(H,25,27). The van der Waals surface area contributed by atoms with Crippen LogP contribution in [0.1, 0.15) is 15.9 Å². The molecule has 3 rings (SSSR count). The maximum Gasteiger partial charge on any atom is 0.275 e. The smallest absolute Gasteiger partial charge is 0.275 e. The van der Waals surface area contributed by atoms with E-state index < -0.39 is 5.91 Å². The van der Waals surface area contributed by atoms with Gasteiger partial charge in [-0.3, -0.25) is 4.79 Å². The number of amides is 1. The number of nitrogens with zero attached hydrogens (tertiary/aromatic N) is 1. The zero-order valence-corrected chi connectivity index (χ0v) is 17.8. The number of phenols is 1. The number of hydrogen-bond acceptors (Lipinski definition) is 5. The summed E-state index contributed by atoms with van der Waals surface area (Å²) in [7, 11) is 1.55. The van der Waals surface area contributed by atoms with Crippen molar-refractivity contribution in [3.63, 3.8) is 0 Å². The van der Waals surface area contributed by atoms with Crippen LogP contribution in [0.25, 0.3) is 10.8 Å². The van der Waals surface area contributed by atoms with Crippen LogP contribution in [0.3, 0.4) is 0 Å². The summed E-state index contributed by atoms with van der Waals surface area (Å²) < 4.78 is 11.8. The van der Waals surface area contributed by atoms with E-state index in [1.807, 2.05) is 30.3 Å². The number of halogens is 1. The molecule has 0 saturated carbocycles. The van der Waals surface area contributed by atoms with Gasteiger partial charge in [-0.05, 0) is 63.2 Å². The average molecular weight is 502 g/mol. The second kappa shape index (κ2) is 9.42. The van der Waals surface area contributed by atoms with Gasteiger partial charge in [0.1, 0.15) is 12.4 Å². The van der Waals surface area contributed by atoms with Crippen LogP contribution in [0, 0.1) is 3.57 Å². The fourth-order valence-corrected chi connectivity index (χ4v) is 3.51. The highest BCUT2D eigenvalue weighted by atomic mass is 127. The van der Waals surface area contributed by atoms with Crippen molar-refractivity contribution in [1.29, 1.82) is 0 Å². The van der Waals surface area contributed by atoms with Crippen molar-refractivity contribution in [2.24, 2.45) is 5.10 Å². The van der Waals surface area contributed by atoms with E-state index >= 15 is 0 Å². The number of fused-ring (bicyclic) bond motifs is 1. The van der Waals surface area contributed by atoms with E-state index in [9.17, 15) is 9.90 Å². The summed E-state index contributed by atoms with van der Waals surface area (Å²) in [4.78, 5) is 12.4. The molecular formula is C22H19IN2O4. The van der Waals surface area contributed by atoms with Crippen molar-refractivity contribution in [3.05, 3.63) is 75.9 Å². The number of nitrogens with one attached hydrogen (secondary N) is 1. The van der Waals surface area contributed by atoms with Crippen molar-refractivity contribution >= 4 is 45.5 Å². The van der Waals surface area contributed by atoms with Gasteiger partial charge in [0.15, 0.2) is 11.5 Å². The lowest BCUT2D eigenvalue weighted by atomic mass is 10.1. The molecule has 0 spiro atoms. The molecule has 0 aliphatic heterocycles. The molecule has 0 fully saturated rings. The minimum absolute atomic E-state index is 0.101. The Hall–Kier alpha value is -3.07. The predicted molar refractivity (Wildman–Crippen MR) is 122 cm³/mol. The number of phenolic OH excluding ortho intramolecular Hbond substituents is 1. The van der Waals surface area contributed by atoms with Crippen LogP contribution in [0.15, 0.2) is 66.3 Å². The van der Waals surface area contributed by atoms with Gasteiger partial charge in [0.25, 0.3) is 5.91 Å². The van der Waals surface area contributed by atoms with E-state index in [1.165, 1.54) is 6.21 Å². The average Bonchev–Trinajstić information content (AvgIpc) is 2.72. The summed E-state index contributed by atoms with van der Waals surface area (Å²) >= 11 is 2.14. The first-order valence-corrected chi connectivity index (χ1v) is 9.77. The van der Waals surface area contributed by atoms with E-state index in [4.69, 9.17) is 9.47 Å². The van der Waals surface area contributed by atoms with Crippen molar-refractivity contribution < 1.29 is 19.4 Å². The second-order valence-electron chi connectivity index (χ2n) is 6.05. The molecule has 1 amide bonds. The lowest BCUT2D eigenvalue weighted by molar-refractivity contribution is 0.0952. The maximum absolute atomic E-state index is 12.4. The molecule has 0 saturated heterocycles. The van der Waals surface area contributed by atoms with Crippen molar-refractivity contribution in [2.45, 2.75) is 0 Å². The van der Waals surface area contributed by atoms with Gasteiger partial charge in [-0.25, -0.2) is 5.43 Å². The molecule has 0 aliphatic carbocycles. The van der Waals surface area contributed by atoms with Crippen LogP contribution < -0.4 is 14.9 Å². The highest BCUT2D eigenvalue weighted by molar-refractivity contribution is 14.1. The van der Waals surface area contributed by atoms with Crippen LogP contribution in [0.4, 0.5) is 0 Å². The third kappa shape index (κ3) is 4.86. The van der Waals surface area contributed by atoms with E-state index in [-0.39, 0.29) is 11.3 Å². The van der Waals surface area contributed by atoms with Crippen molar-refractivity contribution in [2.75, 3.05) is 13.7 Å². The summed E-state index contributed by atoms with van der Waals surface area (Å²) in [5, 5.41) is 15.9. The van der Waals surface area contributed by atoms with E-state index in [1.54, 1.807) is 31.4 Å². The Morgan fingerprint density at radius 2 is 1.97 bits per heavy atom. The van der Waals surface area contributed by atoms with Crippen LogP contribution >= 0.6 is 22.6 Å². The molecule has 29 heavy (non-hydrogen) atoms. The van der Waals surface area contributed by atoms with Crippen LogP contribution in [-0.4, -0.2) is 30.9 Å². The SMILES string of the molecule is C=CCOc1c(I)cc(C=NNC(=O)c2cc3ccccc3cc2O)cc1OC. The minimum Gasteiger partial charge on any atom is -0.507 e. The Balaban J connectivity index is 1.77. The van der Waals surface area contributed by atoms with Crippen LogP contribution in [-0.2, 0) is 0 Å². The normalized spacial score (nSPS) is 10.8. The predicted octanol–water partition coefficient (Wildman–Crippen LogP) is 4.49. The van der Waals surface area contributed by atoms with Gasteiger partial charge >= 0.3 is 0 Å². The molecule has 3 aromatic carbocycles. The minimum atomic E-state index is -0.503. The monoisotopic (exact) mass is 502 g/mol. The van der Waals surface area contributed by atoms with Gasteiger partial charge in [0.2, 0.25) is 0 Å². The molecule has 2 N–H and O–H groups in total. The Kier molecular flexibility index (Phi) is 6.71. The zero-order valence-electron chi connectivity index (χ0n) is 15.7. The quantitative estimate of drug-likeness (QED) is 0.216. The fourth-order valence-electron chi connectivity index (χ4n) is 2.73. The summed E-state index contributed by atoms with van der Waals surface area (Å²) in [6.07, 6.45) is 3.15. The number of ether oxygens (including phenoxy) is 2. The first-order valence-electron chi connectivity index (χ1n) is 8.70. The van der Waals surface area contributed by atoms with Gasteiger partial charge in [-0.1, -0.05) is 36.9 Å². The molecule has 0 aliphatic rings. The molecule has 0 aromatic heterocycles. The largest absolute Gasteiger partial charge is 0.507 e. The Morgan fingerprint density at radius 3 is 2.66 bits per heavy atom. The molecule has 0 atom stereocenters. The fraction of sp³-hybridized carbons (Fsp3) is 0.0909. The molecular weight excluding hydrogens is 483 g/mol. The maximum atomic E-state index is 12.4. The number of methoxy groups -OCH3 is 1. The van der Waals surface area contributed by atoms with E-state index in [0.717, 1.165) is 19.9 Å². The molecule has 148 valence electrons. The first-order chi connectivity index (χ1) is 14.0. The number of rotatable bonds is 7. The zero-order chi connectivity index (χ0) is 20.8. The third-order valence-electron chi connectivity index (χ3n) is 4.09. The van der Waals surface area contributed by atoms with Gasteiger partial charge in [-0.15, -0.1) is 0 Å². The molecule has 0 unspecified atom stereocenters. The first kappa shape index (κ1) is 20.7. The number of carbonyl (C=O) groups is 1. The van der Waals surface area contributed by atoms with Crippen molar-refractivity contribution in [1.82, 2.24) is 5.43 Å². The Labute approximate surface area is 182 Å². The van der Waals surface area contributed by atoms with Gasteiger partial charge in [0.05, 0.1) is 22.5 Å². The number of hydrazone groups is 1. The topological polar surface area (TPSA) is 80.2 Å². The van der Waals surface area contributed by atoms with Crippen LogP contribution in [0.2, 0.25) is 0 Å². The van der Waals surface area contributed by atoms with Gasteiger partial charge < -0.3 is 14.6 Å². The molecule has 0 heterocycles. The Bertz CT molecular complexity index is 1100. The lowest BCUT2D eigenvalue weighted by Crippen LogP contribution is -2.17. The summed E-state index contributed by atoms with van der Waals surface area (Å²) in [6.45, 7) is 4.00. The lowest BCUT2D eigenvalue weighted by Gasteiger charge is -2.12. The van der Waals surface area contributed by atoms with E-state index in [2.05, 4.69) is 39.7 Å².